The number of hydrogen-bond donors (Lipinski definition) is 0. The Morgan fingerprint density at radius 3 is 3.11 bits per heavy atom. The lowest BCUT2D eigenvalue weighted by molar-refractivity contribution is 0.0995. The zero-order valence-corrected chi connectivity index (χ0v) is 12.1. The second-order valence-electron chi connectivity index (χ2n) is 5.33. The maximum atomic E-state index is 5.64. The van der Waals surface area contributed by atoms with Gasteiger partial charge in [0.1, 0.15) is 5.82 Å². The van der Waals surface area contributed by atoms with Crippen LogP contribution in [-0.2, 0) is 17.7 Å². The van der Waals surface area contributed by atoms with Crippen LogP contribution in [0.3, 0.4) is 0 Å². The minimum atomic E-state index is 0.513. The monoisotopic (exact) mass is 263 g/mol. The third-order valence-electron chi connectivity index (χ3n) is 3.60. The van der Waals surface area contributed by atoms with Crippen LogP contribution in [0.25, 0.3) is 0 Å². The molecule has 0 aromatic carbocycles. The Kier molecular flexibility index (Phi) is 5.73. The molecule has 0 radical (unpaired) electrons. The molecular formula is C15H25N3O. The van der Waals surface area contributed by atoms with E-state index in [4.69, 9.17) is 4.74 Å². The first-order valence-electron chi connectivity index (χ1n) is 7.39. The van der Waals surface area contributed by atoms with Crippen molar-refractivity contribution >= 4 is 0 Å². The normalized spacial score (nSPS) is 19.2. The van der Waals surface area contributed by atoms with Crippen LogP contribution in [0.5, 0.6) is 0 Å². The molecule has 0 N–H and O–H groups in total. The molecular weight excluding hydrogens is 238 g/mol. The molecule has 2 rings (SSSR count). The molecule has 19 heavy (non-hydrogen) atoms. The summed E-state index contributed by atoms with van der Waals surface area (Å²) in [7, 11) is 2.16. The summed E-state index contributed by atoms with van der Waals surface area (Å²) in [5.74, 6) is 0.935. The first kappa shape index (κ1) is 14.4. The summed E-state index contributed by atoms with van der Waals surface area (Å²) in [6.07, 6.45) is 8.15. The van der Waals surface area contributed by atoms with Gasteiger partial charge in [0.25, 0.3) is 0 Å². The van der Waals surface area contributed by atoms with Crippen molar-refractivity contribution in [1.29, 1.82) is 0 Å². The highest BCUT2D eigenvalue weighted by Gasteiger charge is 2.15. The van der Waals surface area contributed by atoms with E-state index in [9.17, 15) is 0 Å². The van der Waals surface area contributed by atoms with Crippen LogP contribution in [0.2, 0.25) is 0 Å². The summed E-state index contributed by atoms with van der Waals surface area (Å²) in [6, 6.07) is 2.01. The van der Waals surface area contributed by atoms with Crippen LogP contribution in [0.15, 0.2) is 12.3 Å². The highest BCUT2D eigenvalue weighted by Crippen LogP contribution is 2.16. The molecule has 1 fully saturated rings. The molecule has 0 spiro atoms. The van der Waals surface area contributed by atoms with E-state index < -0.39 is 0 Å². The van der Waals surface area contributed by atoms with Gasteiger partial charge in [-0.25, -0.2) is 9.97 Å². The second kappa shape index (κ2) is 7.56. The van der Waals surface area contributed by atoms with Gasteiger partial charge in [-0.2, -0.15) is 0 Å². The minimum absolute atomic E-state index is 0.513. The SMILES string of the molecule is CCc1nccc(CN(C)CCC[C@H]2CCCO2)n1. The van der Waals surface area contributed by atoms with E-state index in [0.29, 0.717) is 6.10 Å². The number of nitrogens with zero attached hydrogens (tertiary/aromatic N) is 3. The summed E-state index contributed by atoms with van der Waals surface area (Å²) >= 11 is 0. The van der Waals surface area contributed by atoms with Crippen molar-refractivity contribution in [3.05, 3.63) is 23.8 Å². The smallest absolute Gasteiger partial charge is 0.128 e. The van der Waals surface area contributed by atoms with Gasteiger partial charge in [0.15, 0.2) is 0 Å². The van der Waals surface area contributed by atoms with Gasteiger partial charge in [-0.3, -0.25) is 0 Å². The fourth-order valence-electron chi connectivity index (χ4n) is 2.52. The minimum Gasteiger partial charge on any atom is -0.378 e. The average molecular weight is 263 g/mol. The van der Waals surface area contributed by atoms with Gasteiger partial charge >= 0.3 is 0 Å². The molecule has 1 aliphatic rings. The van der Waals surface area contributed by atoms with Crippen molar-refractivity contribution in [3.63, 3.8) is 0 Å². The summed E-state index contributed by atoms with van der Waals surface area (Å²) in [5, 5.41) is 0. The van der Waals surface area contributed by atoms with E-state index in [1.165, 1.54) is 25.7 Å². The molecule has 1 aromatic heterocycles. The first-order chi connectivity index (χ1) is 9.28. The Bertz CT molecular complexity index is 377. The Labute approximate surface area is 116 Å². The molecule has 1 aliphatic heterocycles. The fourth-order valence-corrected chi connectivity index (χ4v) is 2.52. The Hall–Kier alpha value is -1.00. The van der Waals surface area contributed by atoms with Gasteiger partial charge in [0, 0.05) is 25.8 Å². The molecule has 0 aliphatic carbocycles. The lowest BCUT2D eigenvalue weighted by atomic mass is 10.1. The number of aryl methyl sites for hydroxylation is 1. The molecule has 106 valence electrons. The van der Waals surface area contributed by atoms with Gasteiger partial charge in [-0.05, 0) is 45.3 Å². The van der Waals surface area contributed by atoms with Gasteiger partial charge in [0.05, 0.1) is 11.8 Å². The van der Waals surface area contributed by atoms with Crippen molar-refractivity contribution in [2.75, 3.05) is 20.2 Å². The summed E-state index contributed by atoms with van der Waals surface area (Å²) in [6.45, 7) is 5.05. The van der Waals surface area contributed by atoms with E-state index in [-0.39, 0.29) is 0 Å². The van der Waals surface area contributed by atoms with E-state index in [0.717, 1.165) is 37.6 Å². The number of rotatable bonds is 7. The standard InChI is InChI=1S/C15H25N3O/c1-3-15-16-9-8-13(17-15)12-18(2)10-4-6-14-7-5-11-19-14/h8-9,14H,3-7,10-12H2,1-2H3/t14-/m0/s1. The van der Waals surface area contributed by atoms with Gasteiger partial charge in [-0.1, -0.05) is 6.92 Å². The summed E-state index contributed by atoms with van der Waals surface area (Å²) in [4.78, 5) is 11.1. The molecule has 1 atom stereocenters. The molecule has 0 saturated carbocycles. The van der Waals surface area contributed by atoms with E-state index in [1.54, 1.807) is 0 Å². The molecule has 0 amide bonds. The highest BCUT2D eigenvalue weighted by molar-refractivity contribution is 5.02. The molecule has 4 heteroatoms. The summed E-state index contributed by atoms with van der Waals surface area (Å²) in [5.41, 5.74) is 1.12. The number of ether oxygens (including phenoxy) is 1. The fraction of sp³-hybridized carbons (Fsp3) is 0.733. The highest BCUT2D eigenvalue weighted by atomic mass is 16.5. The van der Waals surface area contributed by atoms with Crippen molar-refractivity contribution in [2.45, 2.75) is 51.7 Å². The Balaban J connectivity index is 1.69. The van der Waals surface area contributed by atoms with Crippen LogP contribution < -0.4 is 0 Å². The predicted octanol–water partition coefficient (Wildman–Crippen LogP) is 2.43. The van der Waals surface area contributed by atoms with Gasteiger partial charge in [0.2, 0.25) is 0 Å². The van der Waals surface area contributed by atoms with Crippen molar-refractivity contribution in [2.24, 2.45) is 0 Å². The van der Waals surface area contributed by atoms with Crippen LogP contribution >= 0.6 is 0 Å². The lowest BCUT2D eigenvalue weighted by Crippen LogP contribution is -2.21. The van der Waals surface area contributed by atoms with E-state index in [2.05, 4.69) is 28.8 Å². The third-order valence-corrected chi connectivity index (χ3v) is 3.60. The van der Waals surface area contributed by atoms with Gasteiger partial charge in [-0.15, -0.1) is 0 Å². The van der Waals surface area contributed by atoms with E-state index in [1.807, 2.05) is 12.3 Å². The largest absolute Gasteiger partial charge is 0.378 e. The molecule has 0 unspecified atom stereocenters. The third kappa shape index (κ3) is 4.88. The van der Waals surface area contributed by atoms with Crippen molar-refractivity contribution in [1.82, 2.24) is 14.9 Å². The number of hydrogen-bond acceptors (Lipinski definition) is 4. The molecule has 0 bridgehead atoms. The van der Waals surface area contributed by atoms with Crippen LogP contribution in [0.1, 0.15) is 44.1 Å². The van der Waals surface area contributed by atoms with Gasteiger partial charge < -0.3 is 9.64 Å². The van der Waals surface area contributed by atoms with Crippen molar-refractivity contribution in [3.8, 4) is 0 Å². The zero-order chi connectivity index (χ0) is 13.5. The Morgan fingerprint density at radius 1 is 1.47 bits per heavy atom. The molecule has 2 heterocycles. The zero-order valence-electron chi connectivity index (χ0n) is 12.1. The van der Waals surface area contributed by atoms with Crippen LogP contribution in [0, 0.1) is 0 Å². The van der Waals surface area contributed by atoms with Crippen molar-refractivity contribution < 1.29 is 4.74 Å². The topological polar surface area (TPSA) is 38.2 Å². The summed E-state index contributed by atoms with van der Waals surface area (Å²) < 4.78 is 5.64. The lowest BCUT2D eigenvalue weighted by Gasteiger charge is -2.17. The quantitative estimate of drug-likeness (QED) is 0.757. The molecule has 4 nitrogen and oxygen atoms in total. The Morgan fingerprint density at radius 2 is 2.37 bits per heavy atom. The maximum absolute atomic E-state index is 5.64. The predicted molar refractivity (Wildman–Crippen MR) is 76.0 cm³/mol. The first-order valence-corrected chi connectivity index (χ1v) is 7.39. The van der Waals surface area contributed by atoms with E-state index >= 15 is 0 Å². The van der Waals surface area contributed by atoms with Crippen LogP contribution in [-0.4, -0.2) is 41.2 Å². The molecule has 1 saturated heterocycles. The average Bonchev–Trinajstić information content (AvgIpc) is 2.92. The molecule has 1 aromatic rings. The maximum Gasteiger partial charge on any atom is 0.128 e. The van der Waals surface area contributed by atoms with Crippen LogP contribution in [0.4, 0.5) is 0 Å². The number of aromatic nitrogens is 2. The second-order valence-corrected chi connectivity index (χ2v) is 5.33.